The van der Waals surface area contributed by atoms with Crippen LogP contribution < -0.4 is 4.74 Å². The van der Waals surface area contributed by atoms with Crippen molar-refractivity contribution in [1.29, 1.82) is 0 Å². The van der Waals surface area contributed by atoms with Crippen LogP contribution in [0.1, 0.15) is 48.8 Å². The third kappa shape index (κ3) is 9.22. The van der Waals surface area contributed by atoms with Crippen molar-refractivity contribution >= 4 is 16.4 Å². The maximum atomic E-state index is 13.0. The Morgan fingerprint density at radius 3 is 2.23 bits per heavy atom. The van der Waals surface area contributed by atoms with E-state index in [0.29, 0.717) is 26.1 Å². The zero-order chi connectivity index (χ0) is 30.9. The third-order valence-corrected chi connectivity index (χ3v) is 9.11. The number of hydrogen-bond donors (Lipinski definition) is 0. The fraction of sp³-hybridized carbons (Fsp3) is 0.412. The zero-order valence-electron chi connectivity index (χ0n) is 24.3. The van der Waals surface area contributed by atoms with E-state index in [4.69, 9.17) is 4.74 Å². The maximum Gasteiger partial charge on any atom is 0.453 e. The second-order valence-corrected chi connectivity index (χ2v) is 12.6. The number of allylic oxidation sites excluding steroid dienone is 1. The summed E-state index contributed by atoms with van der Waals surface area (Å²) in [5.74, 6) is -3.87. The first-order chi connectivity index (χ1) is 20.5. The average molecular weight is 620 g/mol. The molecule has 0 aliphatic heterocycles. The first-order valence-electron chi connectivity index (χ1n) is 14.6. The molecule has 1 aliphatic rings. The number of likely N-dealkylation sites (N-methyl/N-ethyl adjacent to an activating group) is 1. The van der Waals surface area contributed by atoms with Crippen molar-refractivity contribution in [3.8, 4) is 16.9 Å². The largest absolute Gasteiger partial charge is 0.492 e. The Morgan fingerprint density at radius 2 is 1.51 bits per heavy atom. The maximum absolute atomic E-state index is 13.0. The molecule has 43 heavy (non-hydrogen) atoms. The monoisotopic (exact) mass is 619 g/mol. The lowest BCUT2D eigenvalue weighted by Gasteiger charge is -2.19. The minimum Gasteiger partial charge on any atom is -0.492 e. The van der Waals surface area contributed by atoms with Gasteiger partial charge in [-0.15, -0.1) is 0 Å². The van der Waals surface area contributed by atoms with Crippen molar-refractivity contribution in [2.45, 2.75) is 50.6 Å². The molecule has 0 saturated heterocycles. The Bertz CT molecular complexity index is 1370. The lowest BCUT2D eigenvalue weighted by atomic mass is 9.88. The average Bonchev–Trinajstić information content (AvgIpc) is 3.20. The molecule has 232 valence electrons. The van der Waals surface area contributed by atoms with E-state index in [0.717, 1.165) is 30.6 Å². The van der Waals surface area contributed by atoms with Crippen LogP contribution in [0.25, 0.3) is 16.7 Å². The van der Waals surface area contributed by atoms with Gasteiger partial charge in [0, 0.05) is 35.3 Å². The number of ether oxygens (including phenoxy) is 1. The number of rotatable bonds is 14. The molecule has 0 spiro atoms. The molecule has 0 amide bonds. The van der Waals surface area contributed by atoms with Gasteiger partial charge in [-0.2, -0.15) is 22.0 Å². The number of fused-ring (bicyclic) bond motifs is 1. The van der Waals surface area contributed by atoms with Gasteiger partial charge in [0.2, 0.25) is 0 Å². The molecule has 1 atom stereocenters. The van der Waals surface area contributed by atoms with E-state index in [2.05, 4.69) is 60.7 Å². The molecule has 1 aliphatic carbocycles. The molecule has 0 N–H and O–H groups in total. The molecular weight excluding hydrogens is 581 g/mol. The van der Waals surface area contributed by atoms with Crippen molar-refractivity contribution < 1.29 is 30.9 Å². The topological polar surface area (TPSA) is 29.5 Å². The van der Waals surface area contributed by atoms with Gasteiger partial charge in [0.1, 0.15) is 12.4 Å². The normalized spacial score (nSPS) is 14.6. The summed E-state index contributed by atoms with van der Waals surface area (Å²) in [7, 11) is 0.474. The Morgan fingerprint density at radius 1 is 0.814 bits per heavy atom. The molecule has 9 heteroatoms. The minimum atomic E-state index is -5.56. The predicted molar refractivity (Wildman–Crippen MR) is 164 cm³/mol. The fourth-order valence-electron chi connectivity index (χ4n) is 5.26. The van der Waals surface area contributed by atoms with Crippen LogP contribution in [-0.4, -0.2) is 59.5 Å². The van der Waals surface area contributed by atoms with Crippen LogP contribution in [0.4, 0.5) is 22.0 Å². The lowest BCUT2D eigenvalue weighted by molar-refractivity contribution is -0.284. The summed E-state index contributed by atoms with van der Waals surface area (Å²) >= 11 is 0. The number of benzene rings is 3. The molecule has 0 bridgehead atoms. The van der Waals surface area contributed by atoms with Gasteiger partial charge in [0.05, 0.1) is 0 Å². The highest BCUT2D eigenvalue weighted by atomic mass is 32.2. The molecule has 0 saturated carbocycles. The van der Waals surface area contributed by atoms with Gasteiger partial charge in [-0.05, 0) is 91.2 Å². The Balaban J connectivity index is 1.22. The Hall–Kier alpha value is -3.04. The molecule has 4 rings (SSSR count). The van der Waals surface area contributed by atoms with Gasteiger partial charge in [-0.3, -0.25) is 4.21 Å². The van der Waals surface area contributed by atoms with Crippen molar-refractivity contribution in [3.05, 3.63) is 95.6 Å². The van der Waals surface area contributed by atoms with Crippen LogP contribution in [0.15, 0.2) is 78.9 Å². The van der Waals surface area contributed by atoms with Crippen LogP contribution in [0, 0.1) is 0 Å². The van der Waals surface area contributed by atoms with Crippen molar-refractivity contribution in [1.82, 2.24) is 4.90 Å². The molecule has 1 unspecified atom stereocenters. The first-order valence-corrected chi connectivity index (χ1v) is 16.1. The highest BCUT2D eigenvalue weighted by Gasteiger charge is 2.56. The van der Waals surface area contributed by atoms with Gasteiger partial charge in [0.25, 0.3) is 0 Å². The first kappa shape index (κ1) is 32.9. The van der Waals surface area contributed by atoms with E-state index in [1.54, 1.807) is 0 Å². The van der Waals surface area contributed by atoms with Crippen molar-refractivity contribution in [3.63, 3.8) is 0 Å². The van der Waals surface area contributed by atoms with Gasteiger partial charge < -0.3 is 9.64 Å². The van der Waals surface area contributed by atoms with E-state index in [9.17, 15) is 26.2 Å². The van der Waals surface area contributed by atoms with Crippen LogP contribution in [0.3, 0.4) is 0 Å². The number of alkyl halides is 5. The minimum absolute atomic E-state index is 0.162. The van der Waals surface area contributed by atoms with Crippen molar-refractivity contribution in [2.75, 3.05) is 38.2 Å². The number of hydrogen-bond acceptors (Lipinski definition) is 3. The van der Waals surface area contributed by atoms with Gasteiger partial charge in [0.15, 0.2) is 0 Å². The van der Waals surface area contributed by atoms with E-state index in [1.807, 2.05) is 30.1 Å². The van der Waals surface area contributed by atoms with E-state index in [-0.39, 0.29) is 11.5 Å². The summed E-state index contributed by atoms with van der Waals surface area (Å²) in [4.78, 5) is 2.01. The molecule has 3 aromatic rings. The predicted octanol–water partition coefficient (Wildman–Crippen LogP) is 8.55. The Labute approximate surface area is 253 Å². The van der Waals surface area contributed by atoms with Crippen molar-refractivity contribution in [2.24, 2.45) is 0 Å². The summed E-state index contributed by atoms with van der Waals surface area (Å²) in [5, 5.41) is 0. The van der Waals surface area contributed by atoms with Gasteiger partial charge in [-0.25, -0.2) is 0 Å². The van der Waals surface area contributed by atoms with Crippen LogP contribution in [0.5, 0.6) is 5.75 Å². The molecular formula is C34H38F5NO2S. The number of nitrogens with zero attached hydrogens (tertiary/aromatic N) is 1. The van der Waals surface area contributed by atoms with Gasteiger partial charge >= 0.3 is 12.1 Å². The SMILES string of the molecule is CN(CCCS(=O)CCCC(F)(F)C(F)(F)F)CCOc1ccc(C2=CCCCc3c2cccc3-c2ccccc2)cc1. The standard InChI is InChI=1S/C34H38F5NO2S/c1-40(21-9-25-43(41)24-8-20-33(35,36)34(37,38)39)22-23-42-28-18-16-27(17-19-28)29-12-5-6-13-31-30(14-7-15-32(29)31)26-10-3-2-4-11-26/h2-4,7,10-12,14-19H,5-6,8-9,13,20-25H2,1H3. The fourth-order valence-corrected chi connectivity index (χ4v) is 6.38. The zero-order valence-corrected chi connectivity index (χ0v) is 25.2. The quantitative estimate of drug-likeness (QED) is 0.169. The van der Waals surface area contributed by atoms with Crippen LogP contribution in [0.2, 0.25) is 0 Å². The Kier molecular flexibility index (Phi) is 11.5. The third-order valence-electron chi connectivity index (χ3n) is 7.63. The van der Waals surface area contributed by atoms with Gasteiger partial charge in [-0.1, -0.05) is 66.7 Å². The second kappa shape index (κ2) is 15.1. The highest BCUT2D eigenvalue weighted by molar-refractivity contribution is 7.84. The molecule has 3 aromatic carbocycles. The molecule has 3 nitrogen and oxygen atoms in total. The number of halogens is 5. The summed E-state index contributed by atoms with van der Waals surface area (Å²) in [6.45, 7) is 1.70. The summed E-state index contributed by atoms with van der Waals surface area (Å²) in [6, 6.07) is 25.2. The summed E-state index contributed by atoms with van der Waals surface area (Å²) in [5.41, 5.74) is 7.56. The molecule has 0 aromatic heterocycles. The van der Waals surface area contributed by atoms with Crippen LogP contribution in [-0.2, 0) is 17.2 Å². The van der Waals surface area contributed by atoms with Crippen LogP contribution >= 0.6 is 0 Å². The van der Waals surface area contributed by atoms with E-state index in [1.165, 1.54) is 27.8 Å². The molecule has 0 fully saturated rings. The summed E-state index contributed by atoms with van der Waals surface area (Å²) in [6.07, 6.45) is -1.29. The molecule has 0 heterocycles. The highest BCUT2D eigenvalue weighted by Crippen LogP contribution is 2.39. The second-order valence-electron chi connectivity index (χ2n) is 10.9. The lowest BCUT2D eigenvalue weighted by Crippen LogP contribution is -2.36. The van der Waals surface area contributed by atoms with E-state index >= 15 is 0 Å². The molecule has 0 radical (unpaired) electrons. The summed E-state index contributed by atoms with van der Waals surface area (Å²) < 4.78 is 80.6. The van der Waals surface area contributed by atoms with E-state index < -0.39 is 35.7 Å². The smallest absolute Gasteiger partial charge is 0.453 e.